The smallest absolute Gasteiger partial charge is 0.163 e. The fourth-order valence-corrected chi connectivity index (χ4v) is 3.12. The quantitative estimate of drug-likeness (QED) is 0.733. The van der Waals surface area contributed by atoms with Crippen LogP contribution in [-0.2, 0) is 0 Å². The number of nitrogens with zero attached hydrogens (tertiary/aromatic N) is 3. The summed E-state index contributed by atoms with van der Waals surface area (Å²) in [5.41, 5.74) is 2.88. The lowest BCUT2D eigenvalue weighted by Crippen LogP contribution is -2.06. The minimum atomic E-state index is 0.706. The summed E-state index contributed by atoms with van der Waals surface area (Å²) in [6, 6.07) is 4.12. The molecule has 0 amide bonds. The lowest BCUT2D eigenvalue weighted by atomic mass is 10.2. The number of aromatic nitrogens is 3. The molecule has 0 spiro atoms. The molecule has 0 atom stereocenters. The highest BCUT2D eigenvalue weighted by atomic mass is 79.9. The Hall–Kier alpha value is -1.53. The van der Waals surface area contributed by atoms with E-state index < -0.39 is 0 Å². The van der Waals surface area contributed by atoms with Crippen LogP contribution in [0.3, 0.4) is 0 Å². The zero-order valence-electron chi connectivity index (χ0n) is 11.9. The molecule has 0 aliphatic rings. The number of hydrogen-bond acceptors (Lipinski definition) is 5. The van der Waals surface area contributed by atoms with Crippen LogP contribution in [0.2, 0.25) is 0 Å². The molecule has 6 heteroatoms. The minimum absolute atomic E-state index is 0.706. The van der Waals surface area contributed by atoms with Gasteiger partial charge < -0.3 is 5.32 Å². The van der Waals surface area contributed by atoms with Crippen molar-refractivity contribution in [2.75, 3.05) is 11.9 Å². The van der Waals surface area contributed by atoms with E-state index in [2.05, 4.69) is 49.2 Å². The topological polar surface area (TPSA) is 50.7 Å². The van der Waals surface area contributed by atoms with Gasteiger partial charge in [-0.15, -0.1) is 11.3 Å². The van der Waals surface area contributed by atoms with Gasteiger partial charge in [0.1, 0.15) is 5.82 Å². The Kier molecular flexibility index (Phi) is 4.17. The normalized spacial score (nSPS) is 11.0. The van der Waals surface area contributed by atoms with Crippen LogP contribution < -0.4 is 5.32 Å². The van der Waals surface area contributed by atoms with Gasteiger partial charge in [-0.2, -0.15) is 0 Å². The van der Waals surface area contributed by atoms with Gasteiger partial charge in [-0.3, -0.25) is 4.98 Å². The largest absolute Gasteiger partial charge is 0.369 e. The van der Waals surface area contributed by atoms with Crippen LogP contribution >= 0.6 is 27.3 Å². The molecule has 21 heavy (non-hydrogen) atoms. The molecule has 1 N–H and O–H groups in total. The molecule has 0 aliphatic carbocycles. The molecule has 3 aromatic rings. The van der Waals surface area contributed by atoms with E-state index in [1.807, 2.05) is 24.6 Å². The van der Waals surface area contributed by atoms with Crippen LogP contribution in [0.15, 0.2) is 28.2 Å². The van der Waals surface area contributed by atoms with Crippen molar-refractivity contribution in [3.05, 3.63) is 33.9 Å². The van der Waals surface area contributed by atoms with Gasteiger partial charge in [0, 0.05) is 18.3 Å². The molecular formula is C15H15BrN4S. The Morgan fingerprint density at radius 2 is 2.19 bits per heavy atom. The minimum Gasteiger partial charge on any atom is -0.369 e. The van der Waals surface area contributed by atoms with E-state index in [1.54, 1.807) is 11.3 Å². The van der Waals surface area contributed by atoms with E-state index in [9.17, 15) is 0 Å². The van der Waals surface area contributed by atoms with Gasteiger partial charge in [0.25, 0.3) is 0 Å². The van der Waals surface area contributed by atoms with Crippen molar-refractivity contribution in [2.45, 2.75) is 20.3 Å². The number of rotatable bonds is 4. The van der Waals surface area contributed by atoms with Gasteiger partial charge in [-0.05, 0) is 46.8 Å². The fourth-order valence-electron chi connectivity index (χ4n) is 2.02. The zero-order chi connectivity index (χ0) is 14.8. The Morgan fingerprint density at radius 1 is 1.33 bits per heavy atom. The van der Waals surface area contributed by atoms with Crippen LogP contribution in [0, 0.1) is 6.92 Å². The first-order chi connectivity index (χ1) is 10.2. The molecule has 0 radical (unpaired) electrons. The van der Waals surface area contributed by atoms with Crippen LogP contribution in [0.5, 0.6) is 0 Å². The molecule has 0 fully saturated rings. The SMILES string of the molecule is CCCNc1nc(-c2cnc3ccsc3c2)nc(C)c1Br. The summed E-state index contributed by atoms with van der Waals surface area (Å²) < 4.78 is 2.07. The van der Waals surface area contributed by atoms with Crippen molar-refractivity contribution >= 4 is 43.3 Å². The fraction of sp³-hybridized carbons (Fsp3) is 0.267. The van der Waals surface area contributed by atoms with Crippen molar-refractivity contribution < 1.29 is 0 Å². The molecular weight excluding hydrogens is 348 g/mol. The number of fused-ring (bicyclic) bond motifs is 1. The predicted molar refractivity (Wildman–Crippen MR) is 91.9 cm³/mol. The molecule has 0 bridgehead atoms. The van der Waals surface area contributed by atoms with E-state index in [0.717, 1.165) is 44.7 Å². The molecule has 0 aromatic carbocycles. The summed E-state index contributed by atoms with van der Waals surface area (Å²) in [4.78, 5) is 13.7. The zero-order valence-corrected chi connectivity index (χ0v) is 14.3. The Bertz CT molecular complexity index is 784. The first-order valence-corrected chi connectivity index (χ1v) is 8.48. The molecule has 3 heterocycles. The second kappa shape index (κ2) is 6.07. The number of aryl methyl sites for hydroxylation is 1. The highest BCUT2D eigenvalue weighted by molar-refractivity contribution is 9.10. The summed E-state index contributed by atoms with van der Waals surface area (Å²) in [6.07, 6.45) is 2.88. The van der Waals surface area contributed by atoms with Gasteiger partial charge >= 0.3 is 0 Å². The van der Waals surface area contributed by atoms with Crippen LogP contribution in [0.25, 0.3) is 21.6 Å². The molecule has 4 nitrogen and oxygen atoms in total. The lowest BCUT2D eigenvalue weighted by molar-refractivity contribution is 0.958. The van der Waals surface area contributed by atoms with Crippen LogP contribution in [0.1, 0.15) is 19.0 Å². The van der Waals surface area contributed by atoms with Gasteiger partial charge in [0.15, 0.2) is 5.82 Å². The average molecular weight is 363 g/mol. The predicted octanol–water partition coefficient (Wildman–Crippen LogP) is 4.65. The number of thiophene rings is 1. The van der Waals surface area contributed by atoms with Gasteiger partial charge in [0.2, 0.25) is 0 Å². The van der Waals surface area contributed by atoms with Crippen LogP contribution in [-0.4, -0.2) is 21.5 Å². The molecule has 3 aromatic heterocycles. The number of anilines is 1. The van der Waals surface area contributed by atoms with E-state index in [1.165, 1.54) is 0 Å². The number of nitrogens with one attached hydrogen (secondary N) is 1. The summed E-state index contributed by atoms with van der Waals surface area (Å²) in [6.45, 7) is 4.99. The second-order valence-corrected chi connectivity index (χ2v) is 6.49. The van der Waals surface area contributed by atoms with Crippen molar-refractivity contribution in [1.82, 2.24) is 15.0 Å². The van der Waals surface area contributed by atoms with Crippen molar-refractivity contribution in [2.24, 2.45) is 0 Å². The summed E-state index contributed by atoms with van der Waals surface area (Å²) in [7, 11) is 0. The Balaban J connectivity index is 2.06. The highest BCUT2D eigenvalue weighted by Gasteiger charge is 2.11. The third-order valence-electron chi connectivity index (χ3n) is 3.12. The first kappa shape index (κ1) is 14.4. The van der Waals surface area contributed by atoms with Crippen molar-refractivity contribution in [3.8, 4) is 11.4 Å². The Labute approximate surface area is 135 Å². The molecule has 3 rings (SSSR count). The Morgan fingerprint density at radius 3 is 3.00 bits per heavy atom. The van der Waals surface area contributed by atoms with Gasteiger partial charge in [0.05, 0.1) is 20.4 Å². The van der Waals surface area contributed by atoms with E-state index in [0.29, 0.717) is 5.82 Å². The number of hydrogen-bond donors (Lipinski definition) is 1. The molecule has 0 saturated carbocycles. The maximum atomic E-state index is 4.63. The van der Waals surface area contributed by atoms with Crippen molar-refractivity contribution in [1.29, 1.82) is 0 Å². The third-order valence-corrected chi connectivity index (χ3v) is 4.92. The van der Waals surface area contributed by atoms with Gasteiger partial charge in [-0.1, -0.05) is 6.92 Å². The molecule has 108 valence electrons. The molecule has 0 unspecified atom stereocenters. The second-order valence-electron chi connectivity index (χ2n) is 4.75. The average Bonchev–Trinajstić information content (AvgIpc) is 2.96. The monoisotopic (exact) mass is 362 g/mol. The molecule has 0 saturated heterocycles. The van der Waals surface area contributed by atoms with Gasteiger partial charge in [-0.25, -0.2) is 9.97 Å². The van der Waals surface area contributed by atoms with E-state index in [4.69, 9.17) is 0 Å². The number of pyridine rings is 1. The van der Waals surface area contributed by atoms with E-state index in [-0.39, 0.29) is 0 Å². The summed E-state index contributed by atoms with van der Waals surface area (Å²) in [5, 5.41) is 5.37. The lowest BCUT2D eigenvalue weighted by Gasteiger charge is -2.10. The standard InChI is InChI=1S/C15H15BrN4S/c1-3-5-17-15-13(16)9(2)19-14(20-15)10-7-12-11(18-8-10)4-6-21-12/h4,6-8H,3,5H2,1-2H3,(H,17,19,20). The van der Waals surface area contributed by atoms with Crippen molar-refractivity contribution in [3.63, 3.8) is 0 Å². The van der Waals surface area contributed by atoms with Crippen LogP contribution in [0.4, 0.5) is 5.82 Å². The maximum Gasteiger partial charge on any atom is 0.163 e. The molecule has 0 aliphatic heterocycles. The third kappa shape index (κ3) is 2.91. The maximum absolute atomic E-state index is 4.63. The highest BCUT2D eigenvalue weighted by Crippen LogP contribution is 2.28. The summed E-state index contributed by atoms with van der Waals surface area (Å²) >= 11 is 5.23. The first-order valence-electron chi connectivity index (χ1n) is 6.80. The number of halogens is 1. The van der Waals surface area contributed by atoms with E-state index >= 15 is 0 Å². The summed E-state index contributed by atoms with van der Waals surface area (Å²) in [5.74, 6) is 1.54.